The van der Waals surface area contributed by atoms with E-state index in [1.54, 1.807) is 12.3 Å². The summed E-state index contributed by atoms with van der Waals surface area (Å²) < 4.78 is 40.4. The number of hydrogen-bond acceptors (Lipinski definition) is 4. The van der Waals surface area contributed by atoms with Gasteiger partial charge in [0.15, 0.2) is 0 Å². The van der Waals surface area contributed by atoms with Gasteiger partial charge in [-0.25, -0.2) is 13.2 Å². The minimum atomic E-state index is -2.83. The van der Waals surface area contributed by atoms with Crippen molar-refractivity contribution in [3.05, 3.63) is 71.3 Å². The SMILES string of the molecule is O=C(c1cc(Cc2nncc3ccccc23)ccc1F)N1CC(C(=O)N2CC(F)(F)C2)C1. The highest BCUT2D eigenvalue weighted by molar-refractivity contribution is 5.96. The van der Waals surface area contributed by atoms with Crippen molar-refractivity contribution < 1.29 is 22.8 Å². The zero-order chi connectivity index (χ0) is 22.5. The molecule has 0 aliphatic carbocycles. The second kappa shape index (κ2) is 7.58. The van der Waals surface area contributed by atoms with Gasteiger partial charge in [-0.2, -0.15) is 10.2 Å². The monoisotopic (exact) mass is 440 g/mol. The first kappa shape index (κ1) is 20.4. The van der Waals surface area contributed by atoms with E-state index in [9.17, 15) is 22.8 Å². The normalized spacial score (nSPS) is 17.7. The molecule has 0 N–H and O–H groups in total. The first-order chi connectivity index (χ1) is 15.3. The van der Waals surface area contributed by atoms with E-state index in [1.807, 2.05) is 24.3 Å². The van der Waals surface area contributed by atoms with Gasteiger partial charge in [0.25, 0.3) is 11.8 Å². The highest BCUT2D eigenvalue weighted by atomic mass is 19.3. The molecule has 164 valence electrons. The molecule has 1 aromatic heterocycles. The van der Waals surface area contributed by atoms with Crippen LogP contribution in [0.15, 0.2) is 48.7 Å². The Kier molecular flexibility index (Phi) is 4.83. The first-order valence-corrected chi connectivity index (χ1v) is 10.2. The van der Waals surface area contributed by atoms with E-state index < -0.39 is 36.7 Å². The van der Waals surface area contributed by atoms with E-state index >= 15 is 0 Å². The molecule has 0 saturated carbocycles. The number of benzene rings is 2. The Morgan fingerprint density at radius 1 is 1.06 bits per heavy atom. The number of fused-ring (bicyclic) bond motifs is 1. The Morgan fingerprint density at radius 2 is 1.81 bits per heavy atom. The second-order valence-corrected chi connectivity index (χ2v) is 8.33. The third kappa shape index (κ3) is 3.68. The fraction of sp³-hybridized carbons (Fsp3) is 0.304. The second-order valence-electron chi connectivity index (χ2n) is 8.33. The Balaban J connectivity index is 1.28. The quantitative estimate of drug-likeness (QED) is 0.626. The van der Waals surface area contributed by atoms with Crippen molar-refractivity contribution in [2.75, 3.05) is 26.2 Å². The molecule has 0 radical (unpaired) electrons. The molecule has 0 unspecified atom stereocenters. The third-order valence-corrected chi connectivity index (χ3v) is 5.95. The lowest BCUT2D eigenvalue weighted by atomic mass is 9.94. The van der Waals surface area contributed by atoms with Gasteiger partial charge < -0.3 is 9.80 Å². The standard InChI is InChI=1S/C23H19F3N4O2/c24-19-6-5-14(8-20-17-4-2-1-3-15(17)9-27-28-20)7-18(19)22(32)29-10-16(11-29)21(31)30-12-23(25,26)13-30/h1-7,9,16H,8,10-13H2. The summed E-state index contributed by atoms with van der Waals surface area (Å²) in [5.74, 6) is -4.91. The lowest BCUT2D eigenvalue weighted by Gasteiger charge is -2.45. The van der Waals surface area contributed by atoms with Crippen LogP contribution in [0.3, 0.4) is 0 Å². The van der Waals surface area contributed by atoms with Gasteiger partial charge in [0.05, 0.1) is 36.5 Å². The molecular weight excluding hydrogens is 421 g/mol. The molecular formula is C23H19F3N4O2. The van der Waals surface area contributed by atoms with Crippen LogP contribution < -0.4 is 0 Å². The van der Waals surface area contributed by atoms with Crippen LogP contribution in [0.1, 0.15) is 21.6 Å². The van der Waals surface area contributed by atoms with E-state index in [1.165, 1.54) is 17.0 Å². The summed E-state index contributed by atoms with van der Waals surface area (Å²) in [7, 11) is 0. The van der Waals surface area contributed by atoms with Crippen LogP contribution in [0.25, 0.3) is 10.8 Å². The summed E-state index contributed by atoms with van der Waals surface area (Å²) in [5, 5.41) is 10.1. The number of hydrogen-bond donors (Lipinski definition) is 0. The Hall–Kier alpha value is -3.49. The highest BCUT2D eigenvalue weighted by Gasteiger charge is 2.49. The van der Waals surface area contributed by atoms with Gasteiger partial charge in [0, 0.05) is 30.3 Å². The van der Waals surface area contributed by atoms with Crippen molar-refractivity contribution in [3.8, 4) is 0 Å². The fourth-order valence-electron chi connectivity index (χ4n) is 4.15. The van der Waals surface area contributed by atoms with Crippen molar-refractivity contribution in [2.45, 2.75) is 12.3 Å². The number of nitrogens with zero attached hydrogens (tertiary/aromatic N) is 4. The van der Waals surface area contributed by atoms with Crippen LogP contribution in [-0.2, 0) is 11.2 Å². The van der Waals surface area contributed by atoms with Crippen LogP contribution in [0.4, 0.5) is 13.2 Å². The maximum atomic E-state index is 14.4. The molecule has 2 aromatic carbocycles. The van der Waals surface area contributed by atoms with Crippen LogP contribution in [0, 0.1) is 11.7 Å². The summed E-state index contributed by atoms with van der Waals surface area (Å²) in [6, 6.07) is 12.0. The molecule has 3 aromatic rings. The average Bonchev–Trinajstić information content (AvgIpc) is 2.72. The van der Waals surface area contributed by atoms with Crippen molar-refractivity contribution in [3.63, 3.8) is 0 Å². The van der Waals surface area contributed by atoms with Gasteiger partial charge in [-0.3, -0.25) is 9.59 Å². The Morgan fingerprint density at radius 3 is 2.56 bits per heavy atom. The molecule has 0 atom stereocenters. The molecule has 32 heavy (non-hydrogen) atoms. The Labute approximate surface area is 181 Å². The molecule has 2 aliphatic rings. The summed E-state index contributed by atoms with van der Waals surface area (Å²) in [6.07, 6.45) is 2.04. The Bertz CT molecular complexity index is 1210. The maximum absolute atomic E-state index is 14.4. The van der Waals surface area contributed by atoms with Gasteiger partial charge in [-0.05, 0) is 17.7 Å². The molecule has 9 heteroatoms. The van der Waals surface area contributed by atoms with Gasteiger partial charge in [0.2, 0.25) is 5.91 Å². The smallest absolute Gasteiger partial charge is 0.282 e. The van der Waals surface area contributed by atoms with Crippen LogP contribution in [-0.4, -0.2) is 63.9 Å². The van der Waals surface area contributed by atoms with E-state index in [-0.39, 0.29) is 24.6 Å². The van der Waals surface area contributed by atoms with Crippen molar-refractivity contribution in [1.29, 1.82) is 0 Å². The van der Waals surface area contributed by atoms with Crippen LogP contribution >= 0.6 is 0 Å². The highest BCUT2D eigenvalue weighted by Crippen LogP contribution is 2.31. The van der Waals surface area contributed by atoms with E-state index in [2.05, 4.69) is 10.2 Å². The fourth-order valence-corrected chi connectivity index (χ4v) is 4.15. The molecule has 2 amide bonds. The molecule has 5 rings (SSSR count). The van der Waals surface area contributed by atoms with E-state index in [0.717, 1.165) is 15.7 Å². The third-order valence-electron chi connectivity index (χ3n) is 5.95. The number of amides is 2. The number of carbonyl (C=O) groups excluding carboxylic acids is 2. The van der Waals surface area contributed by atoms with E-state index in [0.29, 0.717) is 17.7 Å². The number of alkyl halides is 2. The zero-order valence-corrected chi connectivity index (χ0v) is 17.0. The average molecular weight is 440 g/mol. The number of rotatable bonds is 4. The molecule has 2 fully saturated rings. The number of carbonyl (C=O) groups is 2. The van der Waals surface area contributed by atoms with Crippen LogP contribution in [0.2, 0.25) is 0 Å². The summed E-state index contributed by atoms with van der Waals surface area (Å²) in [6.45, 7) is -0.968. The van der Waals surface area contributed by atoms with Gasteiger partial charge in [0.1, 0.15) is 5.82 Å². The lowest BCUT2D eigenvalue weighted by molar-refractivity contribution is -0.173. The van der Waals surface area contributed by atoms with Crippen molar-refractivity contribution in [1.82, 2.24) is 20.0 Å². The minimum Gasteiger partial charge on any atom is -0.337 e. The molecule has 0 spiro atoms. The summed E-state index contributed by atoms with van der Waals surface area (Å²) in [4.78, 5) is 27.5. The van der Waals surface area contributed by atoms with Gasteiger partial charge in [-0.1, -0.05) is 30.3 Å². The minimum absolute atomic E-state index is 0.0860. The predicted molar refractivity (Wildman–Crippen MR) is 110 cm³/mol. The molecule has 6 nitrogen and oxygen atoms in total. The molecule has 2 saturated heterocycles. The summed E-state index contributed by atoms with van der Waals surface area (Å²) in [5.41, 5.74) is 1.34. The molecule has 3 heterocycles. The topological polar surface area (TPSA) is 66.4 Å². The van der Waals surface area contributed by atoms with Crippen LogP contribution in [0.5, 0.6) is 0 Å². The van der Waals surface area contributed by atoms with Gasteiger partial charge >= 0.3 is 0 Å². The molecule has 0 bridgehead atoms. The number of aromatic nitrogens is 2. The largest absolute Gasteiger partial charge is 0.337 e. The van der Waals surface area contributed by atoms with Crippen molar-refractivity contribution >= 4 is 22.6 Å². The summed E-state index contributed by atoms with van der Waals surface area (Å²) >= 11 is 0. The van der Waals surface area contributed by atoms with E-state index in [4.69, 9.17) is 0 Å². The zero-order valence-electron chi connectivity index (χ0n) is 17.0. The number of halogens is 3. The number of likely N-dealkylation sites (tertiary alicyclic amines) is 2. The lowest BCUT2D eigenvalue weighted by Crippen LogP contribution is -2.64. The first-order valence-electron chi connectivity index (χ1n) is 10.2. The maximum Gasteiger partial charge on any atom is 0.282 e. The van der Waals surface area contributed by atoms with Gasteiger partial charge in [-0.15, -0.1) is 0 Å². The molecule has 2 aliphatic heterocycles. The van der Waals surface area contributed by atoms with Crippen molar-refractivity contribution in [2.24, 2.45) is 5.92 Å². The predicted octanol–water partition coefficient (Wildman–Crippen LogP) is 2.91.